The van der Waals surface area contributed by atoms with Gasteiger partial charge in [-0.25, -0.2) is 4.39 Å². The van der Waals surface area contributed by atoms with Crippen molar-refractivity contribution in [2.45, 2.75) is 6.04 Å². The Kier molecular flexibility index (Phi) is 3.86. The van der Waals surface area contributed by atoms with E-state index in [1.54, 1.807) is 6.07 Å². The van der Waals surface area contributed by atoms with Crippen molar-refractivity contribution in [3.63, 3.8) is 0 Å². The van der Waals surface area contributed by atoms with E-state index in [4.69, 9.17) is 15.6 Å². The Bertz CT molecular complexity index is 333. The Morgan fingerprint density at radius 1 is 1.64 bits per heavy atom. The fourth-order valence-corrected chi connectivity index (χ4v) is 1.51. The number of halogens is 2. The molecule has 1 atom stereocenters. The fourth-order valence-electron chi connectivity index (χ4n) is 1.16. The van der Waals surface area contributed by atoms with Crippen LogP contribution in [0.1, 0.15) is 11.6 Å². The number of ether oxygens (including phenoxy) is 1. The minimum atomic E-state index is -0.776. The lowest BCUT2D eigenvalue weighted by Crippen LogP contribution is -2.17. The normalized spacial score (nSPS) is 12.6. The van der Waals surface area contributed by atoms with Gasteiger partial charge in [0, 0.05) is 0 Å². The third-order valence-electron chi connectivity index (χ3n) is 1.88. The average Bonchev–Trinajstić information content (AvgIpc) is 2.20. The van der Waals surface area contributed by atoms with Crippen molar-refractivity contribution in [3.05, 3.63) is 28.0 Å². The first-order valence-corrected chi connectivity index (χ1v) is 4.79. The van der Waals surface area contributed by atoms with Gasteiger partial charge in [-0.2, -0.15) is 0 Å². The summed E-state index contributed by atoms with van der Waals surface area (Å²) in [6.07, 6.45) is 0. The van der Waals surface area contributed by atoms with Crippen molar-refractivity contribution in [2.75, 3.05) is 13.7 Å². The zero-order valence-corrected chi connectivity index (χ0v) is 9.21. The standard InChI is InChI=1S/C9H11BrFNO2/c1-14-7-3-2-5(10)9(11)8(7)6(12)4-13/h2-3,6,13H,4,12H2,1H3. The molecule has 0 heterocycles. The maximum Gasteiger partial charge on any atom is 0.145 e. The number of aliphatic hydroxyl groups excluding tert-OH is 1. The lowest BCUT2D eigenvalue weighted by atomic mass is 10.1. The zero-order valence-electron chi connectivity index (χ0n) is 7.63. The van der Waals surface area contributed by atoms with E-state index in [2.05, 4.69) is 15.9 Å². The van der Waals surface area contributed by atoms with Crippen molar-refractivity contribution in [2.24, 2.45) is 5.73 Å². The smallest absolute Gasteiger partial charge is 0.145 e. The van der Waals surface area contributed by atoms with E-state index in [0.29, 0.717) is 10.2 Å². The van der Waals surface area contributed by atoms with E-state index < -0.39 is 11.9 Å². The molecular formula is C9H11BrFNO2. The number of rotatable bonds is 3. The van der Waals surface area contributed by atoms with Crippen LogP contribution in [0.3, 0.4) is 0 Å². The lowest BCUT2D eigenvalue weighted by molar-refractivity contribution is 0.261. The Morgan fingerprint density at radius 2 is 2.29 bits per heavy atom. The summed E-state index contributed by atoms with van der Waals surface area (Å²) < 4.78 is 18.8. The molecule has 0 saturated heterocycles. The molecule has 0 aliphatic carbocycles. The monoisotopic (exact) mass is 263 g/mol. The molecule has 1 aromatic carbocycles. The Labute approximate surface area is 89.8 Å². The van der Waals surface area contributed by atoms with Gasteiger partial charge in [-0.05, 0) is 28.1 Å². The van der Waals surface area contributed by atoms with Crippen molar-refractivity contribution in [1.29, 1.82) is 0 Å². The van der Waals surface area contributed by atoms with E-state index >= 15 is 0 Å². The molecule has 1 rings (SSSR count). The van der Waals surface area contributed by atoms with Crippen LogP contribution in [0.5, 0.6) is 5.75 Å². The molecule has 78 valence electrons. The summed E-state index contributed by atoms with van der Waals surface area (Å²) in [6.45, 7) is -0.330. The highest BCUT2D eigenvalue weighted by atomic mass is 79.9. The van der Waals surface area contributed by atoms with Crippen LogP contribution < -0.4 is 10.5 Å². The van der Waals surface area contributed by atoms with Crippen LogP contribution in [0, 0.1) is 5.82 Å². The highest BCUT2D eigenvalue weighted by molar-refractivity contribution is 9.10. The van der Waals surface area contributed by atoms with Crippen molar-refractivity contribution in [3.8, 4) is 5.75 Å². The molecule has 1 unspecified atom stereocenters. The molecular weight excluding hydrogens is 253 g/mol. The first kappa shape index (κ1) is 11.4. The Balaban J connectivity index is 3.27. The van der Waals surface area contributed by atoms with Crippen molar-refractivity contribution >= 4 is 15.9 Å². The van der Waals surface area contributed by atoms with Crippen LogP contribution in [0.15, 0.2) is 16.6 Å². The lowest BCUT2D eigenvalue weighted by Gasteiger charge is -2.15. The molecule has 0 bridgehead atoms. The number of nitrogens with two attached hydrogens (primary N) is 1. The minimum absolute atomic E-state index is 0.185. The minimum Gasteiger partial charge on any atom is -0.496 e. The summed E-state index contributed by atoms with van der Waals surface area (Å²) >= 11 is 3.04. The SMILES string of the molecule is COc1ccc(Br)c(F)c1C(N)CO. The summed E-state index contributed by atoms with van der Waals surface area (Å²) in [7, 11) is 1.43. The molecule has 0 amide bonds. The summed E-state index contributed by atoms with van der Waals surface area (Å²) in [4.78, 5) is 0. The number of aliphatic hydroxyl groups is 1. The largest absolute Gasteiger partial charge is 0.496 e. The van der Waals surface area contributed by atoms with Crippen LogP contribution >= 0.6 is 15.9 Å². The molecule has 5 heteroatoms. The molecule has 14 heavy (non-hydrogen) atoms. The topological polar surface area (TPSA) is 55.5 Å². The first-order chi connectivity index (χ1) is 6.61. The molecule has 0 spiro atoms. The van der Waals surface area contributed by atoms with Gasteiger partial charge in [0.05, 0.1) is 29.8 Å². The van der Waals surface area contributed by atoms with Gasteiger partial charge in [0.25, 0.3) is 0 Å². The van der Waals surface area contributed by atoms with Gasteiger partial charge in [0.1, 0.15) is 11.6 Å². The molecule has 3 nitrogen and oxygen atoms in total. The van der Waals surface area contributed by atoms with Gasteiger partial charge in [0.2, 0.25) is 0 Å². The summed E-state index contributed by atoms with van der Waals surface area (Å²) in [5, 5.41) is 8.86. The molecule has 3 N–H and O–H groups in total. The molecule has 0 fully saturated rings. The highest BCUT2D eigenvalue weighted by Gasteiger charge is 2.18. The second kappa shape index (κ2) is 4.72. The van der Waals surface area contributed by atoms with Gasteiger partial charge in [0.15, 0.2) is 0 Å². The molecule has 0 radical (unpaired) electrons. The van der Waals surface area contributed by atoms with Gasteiger partial charge in [-0.3, -0.25) is 0 Å². The number of benzene rings is 1. The third-order valence-corrected chi connectivity index (χ3v) is 2.49. The molecule has 0 aromatic heterocycles. The predicted molar refractivity (Wildman–Crippen MR) is 54.7 cm³/mol. The Morgan fingerprint density at radius 3 is 2.79 bits per heavy atom. The van der Waals surface area contributed by atoms with E-state index in [0.717, 1.165) is 0 Å². The number of hydrogen-bond acceptors (Lipinski definition) is 3. The number of hydrogen-bond donors (Lipinski definition) is 2. The van der Waals surface area contributed by atoms with E-state index in [-0.39, 0.29) is 12.2 Å². The second-order valence-corrected chi connectivity index (χ2v) is 3.62. The zero-order chi connectivity index (χ0) is 10.7. The predicted octanol–water partition coefficient (Wildman–Crippen LogP) is 1.59. The van der Waals surface area contributed by atoms with Crippen LogP contribution in [-0.4, -0.2) is 18.8 Å². The van der Waals surface area contributed by atoms with E-state index in [1.165, 1.54) is 13.2 Å². The van der Waals surface area contributed by atoms with Crippen LogP contribution in [0.25, 0.3) is 0 Å². The number of methoxy groups -OCH3 is 1. The average molecular weight is 264 g/mol. The highest BCUT2D eigenvalue weighted by Crippen LogP contribution is 2.31. The molecule has 0 saturated carbocycles. The quantitative estimate of drug-likeness (QED) is 0.871. The van der Waals surface area contributed by atoms with Gasteiger partial charge in [-0.15, -0.1) is 0 Å². The van der Waals surface area contributed by atoms with Gasteiger partial charge < -0.3 is 15.6 Å². The van der Waals surface area contributed by atoms with Crippen LogP contribution in [0.4, 0.5) is 4.39 Å². The fraction of sp³-hybridized carbons (Fsp3) is 0.333. The van der Waals surface area contributed by atoms with Crippen LogP contribution in [0.2, 0.25) is 0 Å². The molecule has 1 aromatic rings. The Hall–Kier alpha value is -0.650. The molecule has 0 aliphatic rings. The molecule has 0 aliphatic heterocycles. The summed E-state index contributed by atoms with van der Waals surface area (Å²) in [5.41, 5.74) is 5.73. The maximum atomic E-state index is 13.6. The van der Waals surface area contributed by atoms with Gasteiger partial charge >= 0.3 is 0 Å². The first-order valence-electron chi connectivity index (χ1n) is 4.00. The third kappa shape index (κ3) is 2.05. The second-order valence-electron chi connectivity index (χ2n) is 2.77. The van der Waals surface area contributed by atoms with Crippen LogP contribution in [-0.2, 0) is 0 Å². The van der Waals surface area contributed by atoms with Crippen molar-refractivity contribution < 1.29 is 14.2 Å². The van der Waals surface area contributed by atoms with E-state index in [1.807, 2.05) is 0 Å². The maximum absolute atomic E-state index is 13.6. The summed E-state index contributed by atoms with van der Waals surface area (Å²) in [5.74, 6) is -0.154. The van der Waals surface area contributed by atoms with Crippen molar-refractivity contribution in [1.82, 2.24) is 0 Å². The summed E-state index contributed by atoms with van der Waals surface area (Å²) in [6, 6.07) is 2.35. The van der Waals surface area contributed by atoms with E-state index in [9.17, 15) is 4.39 Å². The van der Waals surface area contributed by atoms with Gasteiger partial charge in [-0.1, -0.05) is 0 Å².